The molecule has 0 bridgehead atoms. The maximum absolute atomic E-state index is 12.8. The average Bonchev–Trinajstić information content (AvgIpc) is 2.83. The number of carbonyl (C=O) groups excluding carboxylic acids is 1. The van der Waals surface area contributed by atoms with Gasteiger partial charge in [-0.15, -0.1) is 0 Å². The van der Waals surface area contributed by atoms with Crippen LogP contribution in [-0.4, -0.2) is 23.5 Å². The summed E-state index contributed by atoms with van der Waals surface area (Å²) in [6, 6.07) is 2.49. The van der Waals surface area contributed by atoms with Crippen LogP contribution in [0.4, 0.5) is 23.7 Å². The molecular weight excluding hydrogens is 315 g/mol. The van der Waals surface area contributed by atoms with Gasteiger partial charge < -0.3 is 5.32 Å². The Kier molecular flexibility index (Phi) is 4.44. The van der Waals surface area contributed by atoms with Gasteiger partial charge in [0, 0.05) is 5.75 Å². The predicted molar refractivity (Wildman–Crippen MR) is 73.4 cm³/mol. The molecule has 2 N–H and O–H groups in total. The third-order valence-corrected chi connectivity index (χ3v) is 3.57. The fraction of sp³-hybridized carbons (Fsp3) is 0.273. The first-order chi connectivity index (χ1) is 9.38. The van der Waals surface area contributed by atoms with Crippen molar-refractivity contribution in [2.75, 3.05) is 17.6 Å². The zero-order valence-corrected chi connectivity index (χ0v) is 11.5. The minimum Gasteiger partial charge on any atom is -0.306 e. The molecule has 108 valence electrons. The lowest BCUT2D eigenvalue weighted by molar-refractivity contribution is -0.136. The fourth-order valence-electron chi connectivity index (χ4n) is 1.54. The lowest BCUT2D eigenvalue weighted by Crippen LogP contribution is -2.32. The number of thioether (sulfide) groups is 1. The van der Waals surface area contributed by atoms with Crippen LogP contribution in [0.5, 0.6) is 0 Å². The first-order valence-corrected chi connectivity index (χ1v) is 6.85. The molecule has 1 aliphatic rings. The van der Waals surface area contributed by atoms with Crippen molar-refractivity contribution in [2.45, 2.75) is 6.18 Å². The zero-order valence-electron chi connectivity index (χ0n) is 9.92. The van der Waals surface area contributed by atoms with Crippen LogP contribution >= 0.6 is 23.4 Å². The number of aliphatic imine (C=N–C) groups is 1. The first-order valence-electron chi connectivity index (χ1n) is 5.49. The molecule has 4 nitrogen and oxygen atoms in total. The summed E-state index contributed by atoms with van der Waals surface area (Å²) in [5.74, 6) is 0.732. The van der Waals surface area contributed by atoms with Gasteiger partial charge in [0.05, 0.1) is 22.8 Å². The molecule has 0 unspecified atom stereocenters. The number of amides is 2. The number of halogens is 4. The summed E-state index contributed by atoms with van der Waals surface area (Å²) >= 11 is 7.04. The van der Waals surface area contributed by atoms with E-state index in [0.29, 0.717) is 11.7 Å². The van der Waals surface area contributed by atoms with E-state index in [2.05, 4.69) is 15.6 Å². The Morgan fingerprint density at radius 3 is 2.70 bits per heavy atom. The van der Waals surface area contributed by atoms with E-state index in [1.807, 2.05) is 0 Å². The van der Waals surface area contributed by atoms with Crippen LogP contribution in [0.25, 0.3) is 0 Å². The van der Waals surface area contributed by atoms with E-state index in [1.54, 1.807) is 0 Å². The summed E-state index contributed by atoms with van der Waals surface area (Å²) in [5.41, 5.74) is -1.47. The molecular formula is C11H9ClF3N3OS. The summed E-state index contributed by atoms with van der Waals surface area (Å²) in [7, 11) is 0. The maximum Gasteiger partial charge on any atom is 0.418 e. The molecule has 0 fully saturated rings. The number of hydrogen-bond donors (Lipinski definition) is 2. The molecule has 2 amide bonds. The van der Waals surface area contributed by atoms with Crippen molar-refractivity contribution in [1.82, 2.24) is 5.32 Å². The second-order valence-electron chi connectivity index (χ2n) is 3.77. The van der Waals surface area contributed by atoms with E-state index in [9.17, 15) is 18.0 Å². The van der Waals surface area contributed by atoms with Gasteiger partial charge in [-0.3, -0.25) is 10.3 Å². The van der Waals surface area contributed by atoms with Crippen LogP contribution < -0.4 is 10.6 Å². The van der Waals surface area contributed by atoms with Crippen molar-refractivity contribution in [3.63, 3.8) is 0 Å². The second-order valence-corrected chi connectivity index (χ2v) is 5.27. The lowest BCUT2D eigenvalue weighted by atomic mass is 10.1. The molecule has 0 saturated carbocycles. The number of rotatable bonds is 1. The number of nitrogens with zero attached hydrogens (tertiary/aromatic N) is 1. The highest BCUT2D eigenvalue weighted by Crippen LogP contribution is 2.38. The molecule has 2 rings (SSSR count). The fourth-order valence-corrected chi connectivity index (χ4v) is 2.49. The topological polar surface area (TPSA) is 53.5 Å². The van der Waals surface area contributed by atoms with Gasteiger partial charge in [-0.1, -0.05) is 29.4 Å². The molecule has 1 aliphatic heterocycles. The standard InChI is InChI=1S/C11H9ClF3N3OS/c12-7-3-1-2-6(11(13,14)15)8(7)17-9(19)18-10-16-4-5-20-10/h1-3H,4-5H2,(H2,16,17,18,19). The molecule has 1 aromatic carbocycles. The molecule has 0 radical (unpaired) electrons. The Hall–Kier alpha value is -1.41. The summed E-state index contributed by atoms with van der Waals surface area (Å²) in [5, 5.41) is 4.68. The van der Waals surface area contributed by atoms with E-state index in [-0.39, 0.29) is 5.02 Å². The van der Waals surface area contributed by atoms with Crippen LogP contribution in [0.3, 0.4) is 0 Å². The van der Waals surface area contributed by atoms with Gasteiger partial charge in [0.1, 0.15) is 0 Å². The van der Waals surface area contributed by atoms with Gasteiger partial charge in [-0.05, 0) is 12.1 Å². The number of urea groups is 1. The molecule has 0 saturated heterocycles. The number of alkyl halides is 3. The SMILES string of the molecule is O=C(NC1=NCCS1)Nc1c(Cl)cccc1C(F)(F)F. The minimum absolute atomic E-state index is 0.184. The van der Waals surface area contributed by atoms with Gasteiger partial charge >= 0.3 is 12.2 Å². The Morgan fingerprint density at radius 2 is 2.10 bits per heavy atom. The summed E-state index contributed by atoms with van der Waals surface area (Å²) < 4.78 is 38.5. The number of carbonyl (C=O) groups is 1. The number of benzene rings is 1. The van der Waals surface area contributed by atoms with Crippen LogP contribution in [0.2, 0.25) is 5.02 Å². The van der Waals surface area contributed by atoms with E-state index >= 15 is 0 Å². The normalized spacial score (nSPS) is 14.9. The van der Waals surface area contributed by atoms with E-state index < -0.39 is 23.5 Å². The van der Waals surface area contributed by atoms with Crippen molar-refractivity contribution < 1.29 is 18.0 Å². The largest absolute Gasteiger partial charge is 0.418 e. The summed E-state index contributed by atoms with van der Waals surface area (Å²) in [4.78, 5) is 15.6. The zero-order chi connectivity index (χ0) is 14.8. The van der Waals surface area contributed by atoms with Crippen LogP contribution in [0.1, 0.15) is 5.56 Å². The van der Waals surface area contributed by atoms with Gasteiger partial charge in [0.25, 0.3) is 0 Å². The highest BCUT2D eigenvalue weighted by Gasteiger charge is 2.34. The number of anilines is 1. The second kappa shape index (κ2) is 5.92. The van der Waals surface area contributed by atoms with E-state index in [1.165, 1.54) is 23.9 Å². The van der Waals surface area contributed by atoms with Gasteiger partial charge in [-0.25, -0.2) is 4.79 Å². The molecule has 20 heavy (non-hydrogen) atoms. The smallest absolute Gasteiger partial charge is 0.306 e. The number of amidine groups is 1. The summed E-state index contributed by atoms with van der Waals surface area (Å²) in [6.07, 6.45) is -4.60. The number of para-hydroxylation sites is 1. The van der Waals surface area contributed by atoms with Crippen LogP contribution in [-0.2, 0) is 6.18 Å². The Morgan fingerprint density at radius 1 is 1.35 bits per heavy atom. The van der Waals surface area contributed by atoms with Crippen molar-refractivity contribution in [2.24, 2.45) is 4.99 Å². The van der Waals surface area contributed by atoms with Crippen molar-refractivity contribution >= 4 is 40.2 Å². The first kappa shape index (κ1) is 15.0. The molecule has 1 aromatic rings. The van der Waals surface area contributed by atoms with Crippen LogP contribution in [0.15, 0.2) is 23.2 Å². The Bertz CT molecular complexity index is 562. The minimum atomic E-state index is -4.60. The number of nitrogens with one attached hydrogen (secondary N) is 2. The highest BCUT2D eigenvalue weighted by atomic mass is 35.5. The van der Waals surface area contributed by atoms with E-state index in [0.717, 1.165) is 11.8 Å². The molecule has 0 aromatic heterocycles. The molecule has 0 atom stereocenters. The van der Waals surface area contributed by atoms with Crippen molar-refractivity contribution in [3.05, 3.63) is 28.8 Å². The predicted octanol–water partition coefficient (Wildman–Crippen LogP) is 3.58. The van der Waals surface area contributed by atoms with Crippen molar-refractivity contribution in [1.29, 1.82) is 0 Å². The van der Waals surface area contributed by atoms with Gasteiger partial charge in [0.15, 0.2) is 5.17 Å². The molecule has 0 aliphatic carbocycles. The maximum atomic E-state index is 12.8. The van der Waals surface area contributed by atoms with Crippen molar-refractivity contribution in [3.8, 4) is 0 Å². The monoisotopic (exact) mass is 323 g/mol. The average molecular weight is 324 g/mol. The third-order valence-electron chi connectivity index (χ3n) is 2.36. The van der Waals surface area contributed by atoms with Gasteiger partial charge in [-0.2, -0.15) is 13.2 Å². The Labute approximate surface area is 121 Å². The quantitative estimate of drug-likeness (QED) is 0.830. The molecule has 0 spiro atoms. The van der Waals surface area contributed by atoms with Gasteiger partial charge in [0.2, 0.25) is 0 Å². The van der Waals surface area contributed by atoms with E-state index in [4.69, 9.17) is 11.6 Å². The third kappa shape index (κ3) is 3.57. The molecule has 1 heterocycles. The number of hydrogen-bond acceptors (Lipinski definition) is 3. The highest BCUT2D eigenvalue weighted by molar-refractivity contribution is 8.14. The Balaban J connectivity index is 2.18. The lowest BCUT2D eigenvalue weighted by Gasteiger charge is -2.15. The summed E-state index contributed by atoms with van der Waals surface area (Å²) in [6.45, 7) is 0.570. The van der Waals surface area contributed by atoms with Crippen LogP contribution in [0, 0.1) is 0 Å². The molecule has 9 heteroatoms.